The predicted octanol–water partition coefficient (Wildman–Crippen LogP) is 3.16. The fourth-order valence-electron chi connectivity index (χ4n) is 4.22. The molecule has 0 spiro atoms. The van der Waals surface area contributed by atoms with Crippen molar-refractivity contribution in [2.75, 3.05) is 7.05 Å². The highest BCUT2D eigenvalue weighted by Gasteiger charge is 2.44. The van der Waals surface area contributed by atoms with E-state index in [0.717, 1.165) is 29.5 Å². The Morgan fingerprint density at radius 1 is 0.967 bits per heavy atom. The van der Waals surface area contributed by atoms with E-state index in [0.29, 0.717) is 19.3 Å². The third-order valence-corrected chi connectivity index (χ3v) is 5.90. The Morgan fingerprint density at radius 3 is 2.13 bits per heavy atom. The van der Waals surface area contributed by atoms with E-state index in [1.165, 1.54) is 7.05 Å². The Kier molecular flexibility index (Phi) is 6.87. The first-order valence-corrected chi connectivity index (χ1v) is 10.3. The van der Waals surface area contributed by atoms with Gasteiger partial charge in [0.15, 0.2) is 0 Å². The lowest BCUT2D eigenvalue weighted by Gasteiger charge is -2.28. The second kappa shape index (κ2) is 9.57. The smallest absolute Gasteiger partial charge is 0.304 e. The average Bonchev–Trinajstić information content (AvgIpc) is 3.23. The van der Waals surface area contributed by atoms with Crippen molar-refractivity contribution < 1.29 is 19.5 Å². The molecule has 2 amide bonds. The average molecular weight is 408 g/mol. The molecule has 1 unspecified atom stereocenters. The van der Waals surface area contributed by atoms with Crippen LogP contribution in [0.15, 0.2) is 54.6 Å². The van der Waals surface area contributed by atoms with Crippen molar-refractivity contribution in [1.29, 1.82) is 0 Å². The minimum Gasteiger partial charge on any atom is -0.481 e. The van der Waals surface area contributed by atoms with Gasteiger partial charge in [0.2, 0.25) is 11.8 Å². The highest BCUT2D eigenvalue weighted by molar-refractivity contribution is 5.92. The molecule has 30 heavy (non-hydrogen) atoms. The summed E-state index contributed by atoms with van der Waals surface area (Å²) in [5.41, 5.74) is 2.18. The van der Waals surface area contributed by atoms with Gasteiger partial charge in [0.05, 0.1) is 11.8 Å². The van der Waals surface area contributed by atoms with E-state index in [-0.39, 0.29) is 18.2 Å². The molecule has 0 bridgehead atoms. The molecule has 1 aliphatic rings. The monoisotopic (exact) mass is 408 g/mol. The second-order valence-corrected chi connectivity index (χ2v) is 7.97. The van der Waals surface area contributed by atoms with Crippen LogP contribution < -0.4 is 10.6 Å². The molecule has 3 rings (SSSR count). The van der Waals surface area contributed by atoms with Gasteiger partial charge in [-0.3, -0.25) is 14.4 Å². The van der Waals surface area contributed by atoms with Gasteiger partial charge in [0.25, 0.3) is 0 Å². The van der Waals surface area contributed by atoms with Crippen LogP contribution in [0.2, 0.25) is 0 Å². The molecule has 1 aliphatic carbocycles. The zero-order chi connectivity index (χ0) is 21.6. The highest BCUT2D eigenvalue weighted by atomic mass is 16.4. The molecule has 2 aromatic rings. The van der Waals surface area contributed by atoms with Crippen molar-refractivity contribution in [3.63, 3.8) is 0 Å². The first kappa shape index (κ1) is 21.6. The molecular formula is C24H28N2O4. The van der Waals surface area contributed by atoms with Crippen molar-refractivity contribution in [2.45, 2.75) is 44.6 Å². The number of rotatable bonds is 8. The lowest BCUT2D eigenvalue weighted by molar-refractivity contribution is -0.146. The third kappa shape index (κ3) is 5.06. The zero-order valence-corrected chi connectivity index (χ0v) is 17.2. The molecular weight excluding hydrogens is 380 g/mol. The molecule has 158 valence electrons. The predicted molar refractivity (Wildman–Crippen MR) is 115 cm³/mol. The fraction of sp³-hybridized carbons (Fsp3) is 0.375. The van der Waals surface area contributed by atoms with Gasteiger partial charge in [-0.2, -0.15) is 0 Å². The second-order valence-electron chi connectivity index (χ2n) is 7.97. The van der Waals surface area contributed by atoms with Crippen LogP contribution in [0.25, 0.3) is 11.1 Å². The number of carboxylic acid groups (broad SMARTS) is 1. The first-order valence-electron chi connectivity index (χ1n) is 10.3. The van der Waals surface area contributed by atoms with E-state index in [1.807, 2.05) is 54.6 Å². The summed E-state index contributed by atoms with van der Waals surface area (Å²) in [6, 6.07) is 17.1. The highest BCUT2D eigenvalue weighted by Crippen LogP contribution is 2.41. The summed E-state index contributed by atoms with van der Waals surface area (Å²) in [6.45, 7) is 0. The summed E-state index contributed by atoms with van der Waals surface area (Å²) in [6.07, 6.45) is 2.86. The van der Waals surface area contributed by atoms with Gasteiger partial charge in [-0.15, -0.1) is 0 Å². The van der Waals surface area contributed by atoms with Crippen molar-refractivity contribution in [3.05, 3.63) is 60.2 Å². The van der Waals surface area contributed by atoms with E-state index in [9.17, 15) is 19.5 Å². The zero-order valence-electron chi connectivity index (χ0n) is 17.2. The van der Waals surface area contributed by atoms with Gasteiger partial charge >= 0.3 is 5.97 Å². The molecule has 0 radical (unpaired) electrons. The Hall–Kier alpha value is -3.15. The molecule has 0 aliphatic heterocycles. The van der Waals surface area contributed by atoms with E-state index in [1.54, 1.807) is 0 Å². The van der Waals surface area contributed by atoms with Crippen LogP contribution in [0.5, 0.6) is 0 Å². The number of hydrogen-bond acceptors (Lipinski definition) is 3. The quantitative estimate of drug-likeness (QED) is 0.625. The number of aliphatic carboxylic acids is 1. The molecule has 6 nitrogen and oxygen atoms in total. The van der Waals surface area contributed by atoms with Crippen LogP contribution in [0, 0.1) is 5.41 Å². The number of carboxylic acids is 1. The summed E-state index contributed by atoms with van der Waals surface area (Å²) in [5.74, 6) is -1.61. The van der Waals surface area contributed by atoms with Gasteiger partial charge in [-0.1, -0.05) is 67.4 Å². The number of benzene rings is 2. The van der Waals surface area contributed by atoms with Crippen LogP contribution in [-0.2, 0) is 20.8 Å². The first-order chi connectivity index (χ1) is 14.4. The molecule has 2 aromatic carbocycles. The van der Waals surface area contributed by atoms with Crippen molar-refractivity contribution in [3.8, 4) is 11.1 Å². The van der Waals surface area contributed by atoms with E-state index in [2.05, 4.69) is 10.6 Å². The summed E-state index contributed by atoms with van der Waals surface area (Å²) in [5, 5.41) is 14.7. The van der Waals surface area contributed by atoms with Crippen LogP contribution in [0.3, 0.4) is 0 Å². The topological polar surface area (TPSA) is 95.5 Å². The number of carbonyl (C=O) groups excluding carboxylic acids is 2. The standard InChI is InChI=1S/C24H28N2O4/c1-25-22(29)20(26-23(30)24(16-21(27)28)13-5-6-14-24)15-17-9-11-19(12-10-17)18-7-3-2-4-8-18/h2-4,7-12,20H,5-6,13-16H2,1H3,(H,25,29)(H,26,30)(H,27,28). The number of hydrogen-bond donors (Lipinski definition) is 3. The number of nitrogens with one attached hydrogen (secondary N) is 2. The molecule has 0 aromatic heterocycles. The Bertz CT molecular complexity index is 887. The molecule has 6 heteroatoms. The Morgan fingerprint density at radius 2 is 1.57 bits per heavy atom. The Balaban J connectivity index is 1.74. The fourth-order valence-corrected chi connectivity index (χ4v) is 4.22. The minimum atomic E-state index is -0.986. The molecule has 1 saturated carbocycles. The summed E-state index contributed by atoms with van der Waals surface area (Å²) in [4.78, 5) is 36.8. The van der Waals surface area contributed by atoms with Gasteiger partial charge in [0.1, 0.15) is 6.04 Å². The number of likely N-dealkylation sites (N-methyl/N-ethyl adjacent to an activating group) is 1. The number of amides is 2. The van der Waals surface area contributed by atoms with E-state index >= 15 is 0 Å². The van der Waals surface area contributed by atoms with Crippen LogP contribution in [-0.4, -0.2) is 36.0 Å². The lowest BCUT2D eigenvalue weighted by atomic mass is 9.81. The van der Waals surface area contributed by atoms with Crippen LogP contribution in [0.4, 0.5) is 0 Å². The van der Waals surface area contributed by atoms with Crippen LogP contribution in [0.1, 0.15) is 37.7 Å². The third-order valence-electron chi connectivity index (χ3n) is 5.90. The number of carbonyl (C=O) groups is 3. The summed E-state index contributed by atoms with van der Waals surface area (Å²) >= 11 is 0. The van der Waals surface area contributed by atoms with E-state index < -0.39 is 17.4 Å². The van der Waals surface area contributed by atoms with Crippen molar-refractivity contribution >= 4 is 17.8 Å². The molecule has 0 saturated heterocycles. The summed E-state index contributed by atoms with van der Waals surface area (Å²) < 4.78 is 0. The van der Waals surface area contributed by atoms with Gasteiger partial charge in [0, 0.05) is 13.5 Å². The maximum atomic E-state index is 13.0. The molecule has 3 N–H and O–H groups in total. The maximum Gasteiger partial charge on any atom is 0.304 e. The molecule has 0 heterocycles. The van der Waals surface area contributed by atoms with Crippen LogP contribution >= 0.6 is 0 Å². The minimum absolute atomic E-state index is 0.203. The van der Waals surface area contributed by atoms with E-state index in [4.69, 9.17) is 0 Å². The largest absolute Gasteiger partial charge is 0.481 e. The SMILES string of the molecule is CNC(=O)C(Cc1ccc(-c2ccccc2)cc1)NC(=O)C1(CC(=O)O)CCCC1. The van der Waals surface area contributed by atoms with Gasteiger partial charge in [-0.05, 0) is 29.5 Å². The summed E-state index contributed by atoms with van der Waals surface area (Å²) in [7, 11) is 1.53. The Labute approximate surface area is 176 Å². The normalized spacial score (nSPS) is 15.9. The van der Waals surface area contributed by atoms with Crippen molar-refractivity contribution in [2.24, 2.45) is 5.41 Å². The maximum absolute atomic E-state index is 13.0. The van der Waals surface area contributed by atoms with Crippen molar-refractivity contribution in [1.82, 2.24) is 10.6 Å². The molecule has 1 atom stereocenters. The van der Waals surface area contributed by atoms with Gasteiger partial charge < -0.3 is 15.7 Å². The van der Waals surface area contributed by atoms with Gasteiger partial charge in [-0.25, -0.2) is 0 Å². The molecule has 1 fully saturated rings. The lowest BCUT2D eigenvalue weighted by Crippen LogP contribution is -2.52.